The average molecular weight is 323 g/mol. The van der Waals surface area contributed by atoms with Crippen molar-refractivity contribution in [2.75, 3.05) is 5.32 Å². The largest absolute Gasteiger partial charge is 0.504 e. The second-order valence-corrected chi connectivity index (χ2v) is 6.18. The summed E-state index contributed by atoms with van der Waals surface area (Å²) in [6.45, 7) is 2.08. The molecule has 0 bridgehead atoms. The fourth-order valence-electron chi connectivity index (χ4n) is 2.82. The van der Waals surface area contributed by atoms with Gasteiger partial charge < -0.3 is 15.5 Å². The lowest BCUT2D eigenvalue weighted by atomic mass is 9.94. The van der Waals surface area contributed by atoms with Gasteiger partial charge in [0.2, 0.25) is 5.91 Å². The molecule has 1 fully saturated rings. The van der Waals surface area contributed by atoms with Crippen LogP contribution in [0.3, 0.4) is 0 Å². The molecule has 1 aliphatic carbocycles. The van der Waals surface area contributed by atoms with Crippen LogP contribution in [-0.4, -0.2) is 16.1 Å². The van der Waals surface area contributed by atoms with E-state index in [1.54, 1.807) is 6.07 Å². The monoisotopic (exact) mass is 323 g/mol. The Morgan fingerprint density at radius 3 is 2.62 bits per heavy atom. The summed E-state index contributed by atoms with van der Waals surface area (Å²) in [5, 5.41) is 22.1. The first-order chi connectivity index (χ1) is 11.5. The SMILES string of the molecule is CC/C=C/c1cccc(NC(=O)C2(c3ccc(O)c(O)c3)CC2)c1. The van der Waals surface area contributed by atoms with Crippen molar-refractivity contribution in [3.8, 4) is 11.5 Å². The highest BCUT2D eigenvalue weighted by atomic mass is 16.3. The Balaban J connectivity index is 1.79. The third kappa shape index (κ3) is 3.13. The third-order valence-corrected chi connectivity index (χ3v) is 4.40. The number of hydrogen-bond acceptors (Lipinski definition) is 3. The van der Waals surface area contributed by atoms with Crippen LogP contribution >= 0.6 is 0 Å². The smallest absolute Gasteiger partial charge is 0.235 e. The van der Waals surface area contributed by atoms with Gasteiger partial charge in [0.1, 0.15) is 0 Å². The van der Waals surface area contributed by atoms with Crippen LogP contribution in [0.4, 0.5) is 5.69 Å². The number of carbonyl (C=O) groups excluding carboxylic acids is 1. The van der Waals surface area contributed by atoms with Crippen molar-refractivity contribution in [3.05, 3.63) is 59.7 Å². The van der Waals surface area contributed by atoms with Gasteiger partial charge in [0.15, 0.2) is 11.5 Å². The minimum Gasteiger partial charge on any atom is -0.504 e. The van der Waals surface area contributed by atoms with Gasteiger partial charge in [-0.3, -0.25) is 4.79 Å². The Morgan fingerprint density at radius 1 is 1.17 bits per heavy atom. The highest BCUT2D eigenvalue weighted by molar-refractivity contribution is 6.01. The summed E-state index contributed by atoms with van der Waals surface area (Å²) in [5.41, 5.74) is 1.92. The van der Waals surface area contributed by atoms with Crippen LogP contribution in [0, 0.1) is 0 Å². The van der Waals surface area contributed by atoms with Gasteiger partial charge in [0, 0.05) is 5.69 Å². The van der Waals surface area contributed by atoms with E-state index in [0.29, 0.717) is 0 Å². The fourth-order valence-corrected chi connectivity index (χ4v) is 2.82. The first kappa shape index (κ1) is 16.1. The number of carbonyl (C=O) groups is 1. The molecule has 2 aromatic carbocycles. The standard InChI is InChI=1S/C20H21NO3/c1-2-3-5-14-6-4-7-16(12-14)21-19(24)20(10-11-20)15-8-9-17(22)18(23)13-15/h3-9,12-13,22-23H,2,10-11H2,1H3,(H,21,24)/b5-3+. The van der Waals surface area contributed by atoms with Crippen LogP contribution in [0.25, 0.3) is 6.08 Å². The number of hydrogen-bond donors (Lipinski definition) is 3. The van der Waals surface area contributed by atoms with E-state index in [0.717, 1.165) is 36.1 Å². The molecule has 1 saturated carbocycles. The molecule has 4 nitrogen and oxygen atoms in total. The predicted molar refractivity (Wildman–Crippen MR) is 95.1 cm³/mol. The Hall–Kier alpha value is -2.75. The molecule has 0 atom stereocenters. The Kier molecular flexibility index (Phi) is 4.30. The minimum absolute atomic E-state index is 0.0794. The first-order valence-electron chi connectivity index (χ1n) is 8.16. The number of benzene rings is 2. The van der Waals surface area contributed by atoms with Gasteiger partial charge in [-0.25, -0.2) is 0 Å². The van der Waals surface area contributed by atoms with Crippen molar-refractivity contribution >= 4 is 17.7 Å². The summed E-state index contributed by atoms with van der Waals surface area (Å²) in [5.74, 6) is -0.451. The minimum atomic E-state index is -0.611. The molecule has 3 rings (SSSR count). The molecule has 0 aliphatic heterocycles. The highest BCUT2D eigenvalue weighted by Gasteiger charge is 2.51. The zero-order chi connectivity index (χ0) is 17.2. The van der Waals surface area contributed by atoms with E-state index < -0.39 is 5.41 Å². The first-order valence-corrected chi connectivity index (χ1v) is 8.16. The molecule has 4 heteroatoms. The molecular weight excluding hydrogens is 302 g/mol. The molecule has 24 heavy (non-hydrogen) atoms. The summed E-state index contributed by atoms with van der Waals surface area (Å²) in [6, 6.07) is 12.3. The highest BCUT2D eigenvalue weighted by Crippen LogP contribution is 2.50. The second-order valence-electron chi connectivity index (χ2n) is 6.18. The van der Waals surface area contributed by atoms with Crippen molar-refractivity contribution in [2.24, 2.45) is 0 Å². The predicted octanol–water partition coefficient (Wildman–Crippen LogP) is 4.19. The maximum atomic E-state index is 12.7. The number of allylic oxidation sites excluding steroid dienone is 1. The lowest BCUT2D eigenvalue weighted by Gasteiger charge is -2.16. The van der Waals surface area contributed by atoms with Crippen molar-refractivity contribution in [3.63, 3.8) is 0 Å². The van der Waals surface area contributed by atoms with Gasteiger partial charge in [0.05, 0.1) is 5.41 Å². The summed E-state index contributed by atoms with van der Waals surface area (Å²) < 4.78 is 0. The van der Waals surface area contributed by atoms with Crippen molar-refractivity contribution in [1.29, 1.82) is 0 Å². The van der Waals surface area contributed by atoms with Crippen LogP contribution < -0.4 is 5.32 Å². The Morgan fingerprint density at radius 2 is 1.96 bits per heavy atom. The Bertz CT molecular complexity index is 791. The van der Waals surface area contributed by atoms with Crippen molar-refractivity contribution < 1.29 is 15.0 Å². The maximum absolute atomic E-state index is 12.7. The van der Waals surface area contributed by atoms with Gasteiger partial charge in [-0.2, -0.15) is 0 Å². The number of nitrogens with one attached hydrogen (secondary N) is 1. The van der Waals surface area contributed by atoms with E-state index >= 15 is 0 Å². The van der Waals surface area contributed by atoms with Crippen molar-refractivity contribution in [2.45, 2.75) is 31.6 Å². The van der Waals surface area contributed by atoms with Crippen LogP contribution in [0.5, 0.6) is 11.5 Å². The van der Waals surface area contributed by atoms with E-state index in [4.69, 9.17) is 0 Å². The van der Waals surface area contributed by atoms with Gasteiger partial charge in [0.25, 0.3) is 0 Å². The topological polar surface area (TPSA) is 69.6 Å². The van der Waals surface area contributed by atoms with Crippen LogP contribution in [-0.2, 0) is 10.2 Å². The molecule has 0 saturated heterocycles. The molecular formula is C20H21NO3. The summed E-state index contributed by atoms with van der Waals surface area (Å²) >= 11 is 0. The van der Waals surface area contributed by atoms with Crippen molar-refractivity contribution in [1.82, 2.24) is 0 Å². The van der Waals surface area contributed by atoms with Gasteiger partial charge in [-0.1, -0.05) is 37.3 Å². The number of anilines is 1. The zero-order valence-corrected chi connectivity index (χ0v) is 13.6. The normalized spacial score (nSPS) is 15.4. The molecule has 1 amide bonds. The molecule has 1 aliphatic rings. The van der Waals surface area contributed by atoms with E-state index in [-0.39, 0.29) is 17.4 Å². The molecule has 0 spiro atoms. The van der Waals surface area contributed by atoms with Crippen LogP contribution in [0.15, 0.2) is 48.5 Å². The summed E-state index contributed by atoms with van der Waals surface area (Å²) in [4.78, 5) is 12.7. The van der Waals surface area contributed by atoms with Crippen LogP contribution in [0.2, 0.25) is 0 Å². The quantitative estimate of drug-likeness (QED) is 0.723. The third-order valence-electron chi connectivity index (χ3n) is 4.40. The van der Waals surface area contributed by atoms with Crippen LogP contribution in [0.1, 0.15) is 37.3 Å². The lowest BCUT2D eigenvalue weighted by molar-refractivity contribution is -0.118. The van der Waals surface area contributed by atoms with E-state index in [2.05, 4.69) is 18.3 Å². The lowest BCUT2D eigenvalue weighted by Crippen LogP contribution is -2.27. The molecule has 0 aromatic heterocycles. The maximum Gasteiger partial charge on any atom is 0.235 e. The summed E-state index contributed by atoms with van der Waals surface area (Å²) in [7, 11) is 0. The molecule has 0 radical (unpaired) electrons. The molecule has 2 aromatic rings. The van der Waals surface area contributed by atoms with E-state index in [1.807, 2.05) is 30.3 Å². The average Bonchev–Trinajstić information content (AvgIpc) is 3.38. The molecule has 3 N–H and O–H groups in total. The number of phenols is 2. The molecule has 0 unspecified atom stereocenters. The van der Waals surface area contributed by atoms with E-state index in [1.165, 1.54) is 12.1 Å². The number of aromatic hydroxyl groups is 2. The number of phenolic OH excluding ortho intramolecular Hbond substituents is 2. The second kappa shape index (κ2) is 6.40. The van der Waals surface area contributed by atoms with Gasteiger partial charge >= 0.3 is 0 Å². The number of rotatable bonds is 5. The van der Waals surface area contributed by atoms with Gasteiger partial charge in [-0.05, 0) is 54.7 Å². The van der Waals surface area contributed by atoms with E-state index in [9.17, 15) is 15.0 Å². The molecule has 124 valence electrons. The van der Waals surface area contributed by atoms with Gasteiger partial charge in [-0.15, -0.1) is 0 Å². The fraction of sp³-hybridized carbons (Fsp3) is 0.250. The summed E-state index contributed by atoms with van der Waals surface area (Å²) in [6.07, 6.45) is 6.53. The Labute approximate surface area is 141 Å². The molecule has 0 heterocycles. The number of amides is 1. The zero-order valence-electron chi connectivity index (χ0n) is 13.6.